The van der Waals surface area contributed by atoms with Crippen LogP contribution in [0.3, 0.4) is 0 Å². The molecular formula is C29H55N5O9. The lowest BCUT2D eigenvalue weighted by Crippen LogP contribution is -2.41. The largest absolute Gasteiger partial charge is 0.480 e. The summed E-state index contributed by atoms with van der Waals surface area (Å²) in [6.45, 7) is 6.83. The number of amides is 2. The lowest BCUT2D eigenvalue weighted by Gasteiger charge is -2.14. The average molecular weight is 618 g/mol. The summed E-state index contributed by atoms with van der Waals surface area (Å²) < 4.78 is 26.7. The monoisotopic (exact) mass is 617 g/mol. The fourth-order valence-corrected chi connectivity index (χ4v) is 3.88. The van der Waals surface area contributed by atoms with Gasteiger partial charge in [-0.1, -0.05) is 63.4 Å². The summed E-state index contributed by atoms with van der Waals surface area (Å²) in [6.07, 6.45) is 10.6. The van der Waals surface area contributed by atoms with E-state index in [4.69, 9.17) is 29.2 Å². The molecule has 250 valence electrons. The molecule has 0 bridgehead atoms. The maximum atomic E-state index is 12.1. The highest BCUT2D eigenvalue weighted by molar-refractivity contribution is 5.84. The maximum absolute atomic E-state index is 12.1. The van der Waals surface area contributed by atoms with Gasteiger partial charge >= 0.3 is 5.97 Å². The van der Waals surface area contributed by atoms with Crippen LogP contribution >= 0.6 is 0 Å². The Labute approximate surface area is 256 Å². The van der Waals surface area contributed by atoms with E-state index in [1.165, 1.54) is 38.5 Å². The molecule has 0 saturated carbocycles. The van der Waals surface area contributed by atoms with Crippen molar-refractivity contribution >= 4 is 17.8 Å². The molecule has 0 heterocycles. The van der Waals surface area contributed by atoms with Gasteiger partial charge in [0.15, 0.2) is 0 Å². The second-order valence-corrected chi connectivity index (χ2v) is 9.94. The van der Waals surface area contributed by atoms with Crippen LogP contribution < -0.4 is 10.6 Å². The predicted molar refractivity (Wildman–Crippen MR) is 162 cm³/mol. The third-order valence-electron chi connectivity index (χ3n) is 6.26. The molecule has 14 nitrogen and oxygen atoms in total. The lowest BCUT2D eigenvalue weighted by molar-refractivity contribution is -0.142. The SMILES string of the molecule is CCCCCCCCCCCC(=O)N[C@@H](CCC(=O)NCCOCCOCCOCCOCCOCCN=[N+]=[N-])C(=O)O. The highest BCUT2D eigenvalue weighted by atomic mass is 16.6. The van der Waals surface area contributed by atoms with Gasteiger partial charge in [0.05, 0.1) is 66.1 Å². The van der Waals surface area contributed by atoms with Crippen LogP contribution in [0.25, 0.3) is 10.4 Å². The molecule has 0 rings (SSSR count). The van der Waals surface area contributed by atoms with Crippen LogP contribution in [0.4, 0.5) is 0 Å². The standard InChI is InChI=1S/C29H55N5O9/c1-2-3-4-5-6-7-8-9-10-11-28(36)33-26(29(37)38)12-13-27(35)31-14-16-39-18-20-41-22-24-43-25-23-42-21-19-40-17-15-32-34-30/h26H,2-25H2,1H3,(H,31,35)(H,33,36)(H,37,38)/t26-/m0/s1. The number of carbonyl (C=O) groups is 3. The van der Waals surface area contributed by atoms with Gasteiger partial charge in [-0.05, 0) is 18.4 Å². The minimum Gasteiger partial charge on any atom is -0.480 e. The van der Waals surface area contributed by atoms with Gasteiger partial charge in [-0.15, -0.1) is 0 Å². The van der Waals surface area contributed by atoms with Crippen LogP contribution in [0.2, 0.25) is 0 Å². The molecule has 0 radical (unpaired) electrons. The van der Waals surface area contributed by atoms with Crippen molar-refractivity contribution in [3.8, 4) is 0 Å². The summed E-state index contributed by atoms with van der Waals surface area (Å²) in [4.78, 5) is 38.3. The first kappa shape index (κ1) is 40.5. The fourth-order valence-electron chi connectivity index (χ4n) is 3.88. The number of rotatable bonds is 33. The fraction of sp³-hybridized carbons (Fsp3) is 0.897. The smallest absolute Gasteiger partial charge is 0.326 e. The topological polar surface area (TPSA) is 190 Å². The number of aliphatic carboxylic acids is 1. The number of nitrogens with zero attached hydrogens (tertiary/aromatic N) is 3. The van der Waals surface area contributed by atoms with E-state index in [0.29, 0.717) is 85.6 Å². The Bertz CT molecular complexity index is 739. The van der Waals surface area contributed by atoms with Gasteiger partial charge < -0.3 is 39.4 Å². The summed E-state index contributed by atoms with van der Waals surface area (Å²) in [7, 11) is 0. The second kappa shape index (κ2) is 32.4. The summed E-state index contributed by atoms with van der Waals surface area (Å²) in [5.74, 6) is -1.72. The molecule has 14 heteroatoms. The van der Waals surface area contributed by atoms with Crippen molar-refractivity contribution in [1.82, 2.24) is 10.6 Å². The van der Waals surface area contributed by atoms with Crippen molar-refractivity contribution in [2.24, 2.45) is 5.11 Å². The van der Waals surface area contributed by atoms with E-state index >= 15 is 0 Å². The summed E-state index contributed by atoms with van der Waals surface area (Å²) in [6, 6.07) is -1.08. The molecule has 0 saturated heterocycles. The van der Waals surface area contributed by atoms with Gasteiger partial charge in [0.25, 0.3) is 0 Å². The zero-order chi connectivity index (χ0) is 31.6. The minimum absolute atomic E-state index is 0.00389. The van der Waals surface area contributed by atoms with Crippen LogP contribution in [0, 0.1) is 0 Å². The lowest BCUT2D eigenvalue weighted by atomic mass is 10.1. The van der Waals surface area contributed by atoms with Gasteiger partial charge in [-0.25, -0.2) is 4.79 Å². The van der Waals surface area contributed by atoms with Gasteiger partial charge in [0, 0.05) is 30.8 Å². The van der Waals surface area contributed by atoms with Crippen molar-refractivity contribution in [1.29, 1.82) is 0 Å². The first-order valence-corrected chi connectivity index (χ1v) is 15.7. The normalized spacial score (nSPS) is 11.6. The van der Waals surface area contributed by atoms with Crippen LogP contribution in [0.1, 0.15) is 84.0 Å². The molecule has 3 N–H and O–H groups in total. The molecule has 0 aromatic carbocycles. The van der Waals surface area contributed by atoms with E-state index in [9.17, 15) is 19.5 Å². The zero-order valence-electron chi connectivity index (χ0n) is 26.1. The molecule has 0 aliphatic carbocycles. The van der Waals surface area contributed by atoms with Crippen molar-refractivity contribution in [3.63, 3.8) is 0 Å². The number of nitrogens with one attached hydrogen (secondary N) is 2. The first-order valence-electron chi connectivity index (χ1n) is 15.7. The summed E-state index contributed by atoms with van der Waals surface area (Å²) in [5, 5.41) is 18.0. The minimum atomic E-state index is -1.14. The molecule has 43 heavy (non-hydrogen) atoms. The molecule has 0 fully saturated rings. The van der Waals surface area contributed by atoms with Gasteiger partial charge in [0.1, 0.15) is 6.04 Å². The molecule has 2 amide bonds. The van der Waals surface area contributed by atoms with E-state index in [1.807, 2.05) is 0 Å². The van der Waals surface area contributed by atoms with Crippen molar-refractivity contribution in [2.45, 2.75) is 90.0 Å². The molecular weight excluding hydrogens is 562 g/mol. The molecule has 0 aliphatic rings. The number of unbranched alkanes of at least 4 members (excludes halogenated alkanes) is 8. The van der Waals surface area contributed by atoms with E-state index in [2.05, 4.69) is 27.6 Å². The Morgan fingerprint density at radius 3 is 1.70 bits per heavy atom. The Kier molecular flexibility index (Phi) is 30.6. The number of hydrogen-bond donors (Lipinski definition) is 3. The molecule has 1 atom stereocenters. The van der Waals surface area contributed by atoms with Crippen molar-refractivity contribution < 1.29 is 43.2 Å². The van der Waals surface area contributed by atoms with Crippen LogP contribution in [-0.4, -0.2) is 108 Å². The molecule has 0 aromatic rings. The second-order valence-electron chi connectivity index (χ2n) is 9.94. The average Bonchev–Trinajstić information content (AvgIpc) is 2.99. The predicted octanol–water partition coefficient (Wildman–Crippen LogP) is 3.77. The first-order chi connectivity index (χ1) is 21.0. The third-order valence-corrected chi connectivity index (χ3v) is 6.26. The molecule has 0 spiro atoms. The van der Waals surface area contributed by atoms with Gasteiger partial charge in [0.2, 0.25) is 11.8 Å². The van der Waals surface area contributed by atoms with Crippen molar-refractivity contribution in [3.05, 3.63) is 10.4 Å². The molecule has 0 aromatic heterocycles. The number of carbonyl (C=O) groups excluding carboxylic acids is 2. The van der Waals surface area contributed by atoms with E-state index in [0.717, 1.165) is 19.3 Å². The van der Waals surface area contributed by atoms with Crippen LogP contribution in [-0.2, 0) is 38.1 Å². The van der Waals surface area contributed by atoms with E-state index < -0.39 is 12.0 Å². The van der Waals surface area contributed by atoms with Crippen LogP contribution in [0.15, 0.2) is 5.11 Å². The third kappa shape index (κ3) is 30.8. The number of carboxylic acids is 1. The summed E-state index contributed by atoms with van der Waals surface area (Å²) in [5.41, 5.74) is 8.13. The van der Waals surface area contributed by atoms with Crippen LogP contribution in [0.5, 0.6) is 0 Å². The van der Waals surface area contributed by atoms with Gasteiger partial charge in [-0.2, -0.15) is 0 Å². The number of hydrogen-bond acceptors (Lipinski definition) is 9. The van der Waals surface area contributed by atoms with E-state index in [1.54, 1.807) is 0 Å². The zero-order valence-corrected chi connectivity index (χ0v) is 26.1. The highest BCUT2D eigenvalue weighted by Gasteiger charge is 2.20. The molecule has 0 aliphatic heterocycles. The maximum Gasteiger partial charge on any atom is 0.326 e. The highest BCUT2D eigenvalue weighted by Crippen LogP contribution is 2.10. The number of ether oxygens (including phenoxy) is 5. The van der Waals surface area contributed by atoms with Gasteiger partial charge in [-0.3, -0.25) is 9.59 Å². The van der Waals surface area contributed by atoms with E-state index in [-0.39, 0.29) is 24.7 Å². The summed E-state index contributed by atoms with van der Waals surface area (Å²) >= 11 is 0. The Balaban J connectivity index is 3.58. The number of carboxylic acid groups (broad SMARTS) is 1. The van der Waals surface area contributed by atoms with Crippen molar-refractivity contribution in [2.75, 3.05) is 79.2 Å². The Hall–Kier alpha value is -2.48. The molecule has 0 unspecified atom stereocenters. The Morgan fingerprint density at radius 2 is 1.19 bits per heavy atom. The number of azide groups is 1. The Morgan fingerprint density at radius 1 is 0.698 bits per heavy atom. The quantitative estimate of drug-likeness (QED) is 0.0426.